The van der Waals surface area contributed by atoms with E-state index in [0.29, 0.717) is 43.3 Å². The Labute approximate surface area is 175 Å². The van der Waals surface area contributed by atoms with Gasteiger partial charge in [-0.1, -0.05) is 0 Å². The molecular weight excluding hydrogens is 417 g/mol. The summed E-state index contributed by atoms with van der Waals surface area (Å²) in [6.07, 6.45) is 2.72. The zero-order valence-corrected chi connectivity index (χ0v) is 16.6. The van der Waals surface area contributed by atoms with Crippen LogP contribution in [-0.2, 0) is 20.1 Å². The van der Waals surface area contributed by atoms with Crippen molar-refractivity contribution in [3.63, 3.8) is 0 Å². The maximum Gasteiger partial charge on any atom is 0.292 e. The minimum atomic E-state index is -1.62. The molecule has 1 aromatic heterocycles. The van der Waals surface area contributed by atoms with Gasteiger partial charge in [0.25, 0.3) is 23.5 Å². The molecule has 0 atom stereocenters. The van der Waals surface area contributed by atoms with Crippen LogP contribution in [0.4, 0.5) is 18.9 Å². The van der Waals surface area contributed by atoms with Crippen LogP contribution in [0, 0.1) is 23.5 Å². The first-order chi connectivity index (χ1) is 14.9. The third kappa shape index (κ3) is 3.21. The number of pyridine rings is 1. The van der Waals surface area contributed by atoms with Gasteiger partial charge in [-0.05, 0) is 43.4 Å². The normalized spacial score (nSPS) is 19.6. The van der Waals surface area contributed by atoms with Crippen LogP contribution < -0.4 is 14.4 Å². The number of anilines is 1. The molecule has 2 aromatic rings. The summed E-state index contributed by atoms with van der Waals surface area (Å²) in [6.45, 7) is 1.18. The number of benzene rings is 1. The van der Waals surface area contributed by atoms with Gasteiger partial charge in [0, 0.05) is 12.1 Å². The van der Waals surface area contributed by atoms with E-state index in [4.69, 9.17) is 14.2 Å². The lowest BCUT2D eigenvalue weighted by atomic mass is 10.1. The SMILES string of the molecule is COc1nc(F)c(F)c(Oc2ccc3c(c2)C2(OCCCO2)C(=O)N3CC2CC2)c1F. The second-order valence-corrected chi connectivity index (χ2v) is 7.68. The summed E-state index contributed by atoms with van der Waals surface area (Å²) >= 11 is 0. The molecule has 3 heterocycles. The molecule has 2 aliphatic heterocycles. The summed E-state index contributed by atoms with van der Waals surface area (Å²) in [4.78, 5) is 17.9. The molecule has 1 aromatic carbocycles. The Morgan fingerprint density at radius 1 is 1.19 bits per heavy atom. The molecule has 7 nitrogen and oxygen atoms in total. The second kappa shape index (κ2) is 7.38. The minimum absolute atomic E-state index is 0.0255. The average molecular weight is 436 g/mol. The first kappa shape index (κ1) is 20.1. The number of halogens is 3. The molecule has 1 amide bonds. The number of hydrogen-bond donors (Lipinski definition) is 0. The number of rotatable bonds is 5. The van der Waals surface area contributed by atoms with E-state index in [1.807, 2.05) is 0 Å². The van der Waals surface area contributed by atoms with Gasteiger partial charge in [0.1, 0.15) is 5.75 Å². The summed E-state index contributed by atoms with van der Waals surface area (Å²) in [5, 5.41) is 0. The van der Waals surface area contributed by atoms with Crippen LogP contribution in [0.3, 0.4) is 0 Å². The van der Waals surface area contributed by atoms with Gasteiger partial charge in [0.15, 0.2) is 0 Å². The molecular formula is C21H19F3N2O5. The molecule has 1 saturated carbocycles. The molecule has 2 fully saturated rings. The quantitative estimate of drug-likeness (QED) is 0.667. The number of nitrogens with zero attached hydrogens (tertiary/aromatic N) is 2. The first-order valence-electron chi connectivity index (χ1n) is 9.95. The highest BCUT2D eigenvalue weighted by Crippen LogP contribution is 2.48. The number of carbonyl (C=O) groups is 1. The molecule has 1 aliphatic carbocycles. The maximum atomic E-state index is 14.5. The highest BCUT2D eigenvalue weighted by molar-refractivity contribution is 6.06. The van der Waals surface area contributed by atoms with E-state index in [0.717, 1.165) is 20.0 Å². The Hall–Kier alpha value is -2.85. The molecule has 5 rings (SSSR count). The van der Waals surface area contributed by atoms with Crippen LogP contribution in [0.1, 0.15) is 24.8 Å². The largest absolute Gasteiger partial charge is 0.479 e. The Morgan fingerprint density at radius 2 is 1.94 bits per heavy atom. The number of aromatic nitrogens is 1. The van der Waals surface area contributed by atoms with Crippen molar-refractivity contribution in [3.05, 3.63) is 41.3 Å². The highest BCUT2D eigenvalue weighted by atomic mass is 19.2. The van der Waals surface area contributed by atoms with Crippen molar-refractivity contribution in [3.8, 4) is 17.4 Å². The van der Waals surface area contributed by atoms with Crippen LogP contribution >= 0.6 is 0 Å². The lowest BCUT2D eigenvalue weighted by molar-refractivity contribution is -0.256. The van der Waals surface area contributed by atoms with Crippen LogP contribution in [0.25, 0.3) is 0 Å². The van der Waals surface area contributed by atoms with Crippen molar-refractivity contribution in [2.45, 2.75) is 25.0 Å². The van der Waals surface area contributed by atoms with Crippen LogP contribution in [0.2, 0.25) is 0 Å². The lowest BCUT2D eigenvalue weighted by Gasteiger charge is -2.32. The third-order valence-corrected chi connectivity index (χ3v) is 5.56. The zero-order valence-electron chi connectivity index (χ0n) is 16.6. The molecule has 0 bridgehead atoms. The van der Waals surface area contributed by atoms with Gasteiger partial charge in [0.2, 0.25) is 17.4 Å². The average Bonchev–Trinajstić information content (AvgIpc) is 3.58. The molecule has 0 N–H and O–H groups in total. The van der Waals surface area contributed by atoms with E-state index in [9.17, 15) is 18.0 Å². The third-order valence-electron chi connectivity index (χ3n) is 5.56. The number of amides is 1. The Kier molecular flexibility index (Phi) is 4.78. The number of carbonyl (C=O) groups excluding carboxylic acids is 1. The molecule has 0 radical (unpaired) electrons. The van der Waals surface area contributed by atoms with Crippen molar-refractivity contribution in [1.82, 2.24) is 4.98 Å². The Bertz CT molecular complexity index is 1050. The van der Waals surface area contributed by atoms with E-state index in [1.54, 1.807) is 11.0 Å². The van der Waals surface area contributed by atoms with Gasteiger partial charge in [-0.3, -0.25) is 4.79 Å². The summed E-state index contributed by atoms with van der Waals surface area (Å²) in [5.41, 5.74) is 0.975. The van der Waals surface area contributed by atoms with Crippen LogP contribution in [-0.4, -0.2) is 37.8 Å². The number of methoxy groups -OCH3 is 1. The predicted octanol–water partition coefficient (Wildman–Crippen LogP) is 3.65. The van der Waals surface area contributed by atoms with Gasteiger partial charge in [-0.15, -0.1) is 0 Å². The van der Waals surface area contributed by atoms with Gasteiger partial charge < -0.3 is 23.8 Å². The first-order valence-corrected chi connectivity index (χ1v) is 9.95. The van der Waals surface area contributed by atoms with E-state index in [2.05, 4.69) is 9.72 Å². The molecule has 1 spiro atoms. The predicted molar refractivity (Wildman–Crippen MR) is 100 cm³/mol. The molecule has 1 saturated heterocycles. The van der Waals surface area contributed by atoms with Crippen LogP contribution in [0.15, 0.2) is 18.2 Å². The van der Waals surface area contributed by atoms with Gasteiger partial charge in [-0.25, -0.2) is 0 Å². The summed E-state index contributed by atoms with van der Waals surface area (Å²) < 4.78 is 64.0. The highest BCUT2D eigenvalue weighted by Gasteiger charge is 2.55. The summed E-state index contributed by atoms with van der Waals surface area (Å²) in [5.74, 6) is -7.74. The molecule has 3 aliphatic rings. The fraction of sp³-hybridized carbons (Fsp3) is 0.429. The van der Waals surface area contributed by atoms with Crippen molar-refractivity contribution >= 4 is 11.6 Å². The molecule has 10 heteroatoms. The van der Waals surface area contributed by atoms with Crippen molar-refractivity contribution in [1.29, 1.82) is 0 Å². The standard InChI is InChI=1S/C21H19F3N2O5/c1-28-19-16(23)17(15(22)18(24)25-19)31-12-5-6-14-13(9-12)21(29-7-2-8-30-21)20(27)26(14)10-11-3-4-11/h5-6,9,11H,2-4,7-8,10H2,1H3. The second-order valence-electron chi connectivity index (χ2n) is 7.68. The van der Waals surface area contributed by atoms with E-state index < -0.39 is 35.0 Å². The van der Waals surface area contributed by atoms with E-state index in [1.165, 1.54) is 12.1 Å². The lowest BCUT2D eigenvalue weighted by Crippen LogP contribution is -2.47. The summed E-state index contributed by atoms with van der Waals surface area (Å²) in [6, 6.07) is 4.47. The monoisotopic (exact) mass is 436 g/mol. The maximum absolute atomic E-state index is 14.5. The number of fused-ring (bicyclic) bond motifs is 2. The molecule has 0 unspecified atom stereocenters. The van der Waals surface area contributed by atoms with E-state index >= 15 is 0 Å². The minimum Gasteiger partial charge on any atom is -0.479 e. The van der Waals surface area contributed by atoms with Gasteiger partial charge >= 0.3 is 0 Å². The van der Waals surface area contributed by atoms with Crippen LogP contribution in [0.5, 0.6) is 17.4 Å². The van der Waals surface area contributed by atoms with Gasteiger partial charge in [0.05, 0.1) is 26.0 Å². The fourth-order valence-corrected chi connectivity index (χ4v) is 3.85. The number of hydrogen-bond acceptors (Lipinski definition) is 6. The number of ether oxygens (including phenoxy) is 4. The Balaban J connectivity index is 1.56. The topological polar surface area (TPSA) is 70.1 Å². The van der Waals surface area contributed by atoms with E-state index in [-0.39, 0.29) is 11.7 Å². The molecule has 31 heavy (non-hydrogen) atoms. The summed E-state index contributed by atoms with van der Waals surface area (Å²) in [7, 11) is 1.07. The van der Waals surface area contributed by atoms with Crippen molar-refractivity contribution in [2.75, 3.05) is 31.8 Å². The zero-order chi connectivity index (χ0) is 21.8. The van der Waals surface area contributed by atoms with Crippen molar-refractivity contribution in [2.24, 2.45) is 5.92 Å². The smallest absolute Gasteiger partial charge is 0.292 e. The fourth-order valence-electron chi connectivity index (χ4n) is 3.85. The van der Waals surface area contributed by atoms with Crippen molar-refractivity contribution < 1.29 is 36.9 Å². The van der Waals surface area contributed by atoms with Gasteiger partial charge in [-0.2, -0.15) is 18.2 Å². The molecule has 164 valence electrons. The Morgan fingerprint density at radius 3 is 2.61 bits per heavy atom.